The fourth-order valence-corrected chi connectivity index (χ4v) is 1.32. The van der Waals surface area contributed by atoms with E-state index < -0.39 is 29.9 Å². The molecule has 0 radical (unpaired) electrons. The van der Waals surface area contributed by atoms with Crippen molar-refractivity contribution in [2.75, 3.05) is 6.54 Å². The van der Waals surface area contributed by atoms with Crippen LogP contribution in [-0.4, -0.2) is 51.8 Å². The second-order valence-electron chi connectivity index (χ2n) is 4.66. The molecule has 0 aliphatic rings. The molecule has 0 heterocycles. The Bertz CT molecular complexity index is 530. The first-order valence-electron chi connectivity index (χ1n) is 6.65. The van der Waals surface area contributed by atoms with Gasteiger partial charge in [0.05, 0.1) is 6.54 Å². The predicted octanol–water partition coefficient (Wildman–Crippen LogP) is -1.12. The maximum atomic E-state index is 11.0. The standard InChI is InChI=1S/C11H14N2O4.C3H7NO2/c12-6-10(15)13-9(11(16)17)5-7-1-3-8(14)4-2-7;1-2(4)3(5)6/h1-4,9,14H,5-6,12H2,(H,13,15)(H,16,17);2H,4H2,1H3,(H,5,6)/t9-;/m0./s1. The summed E-state index contributed by atoms with van der Waals surface area (Å²) < 4.78 is 0. The third-order valence-corrected chi connectivity index (χ3v) is 2.58. The minimum Gasteiger partial charge on any atom is -0.508 e. The molecule has 9 nitrogen and oxygen atoms in total. The third-order valence-electron chi connectivity index (χ3n) is 2.58. The Morgan fingerprint density at radius 3 is 1.96 bits per heavy atom. The van der Waals surface area contributed by atoms with E-state index in [2.05, 4.69) is 5.32 Å². The van der Waals surface area contributed by atoms with Gasteiger partial charge in [0.1, 0.15) is 17.8 Å². The van der Waals surface area contributed by atoms with E-state index in [1.54, 1.807) is 12.1 Å². The minimum absolute atomic E-state index is 0.103. The van der Waals surface area contributed by atoms with Crippen molar-refractivity contribution in [1.29, 1.82) is 0 Å². The van der Waals surface area contributed by atoms with Gasteiger partial charge in [0, 0.05) is 6.42 Å². The first-order valence-corrected chi connectivity index (χ1v) is 6.65. The maximum Gasteiger partial charge on any atom is 0.326 e. The molecule has 1 rings (SSSR count). The van der Waals surface area contributed by atoms with Gasteiger partial charge in [-0.25, -0.2) is 4.79 Å². The van der Waals surface area contributed by atoms with E-state index in [4.69, 9.17) is 26.8 Å². The second-order valence-corrected chi connectivity index (χ2v) is 4.66. The Kier molecular flexibility index (Phi) is 8.97. The van der Waals surface area contributed by atoms with Gasteiger partial charge in [-0.05, 0) is 24.6 Å². The molecule has 0 aromatic heterocycles. The van der Waals surface area contributed by atoms with Crippen molar-refractivity contribution in [2.45, 2.75) is 25.4 Å². The van der Waals surface area contributed by atoms with Gasteiger partial charge >= 0.3 is 11.9 Å². The lowest BCUT2D eigenvalue weighted by atomic mass is 10.1. The second kappa shape index (κ2) is 10.1. The Balaban J connectivity index is 0.000000688. The summed E-state index contributed by atoms with van der Waals surface area (Å²) >= 11 is 0. The number of nitrogens with one attached hydrogen (secondary N) is 1. The molecule has 0 aliphatic heterocycles. The number of hydrogen-bond acceptors (Lipinski definition) is 6. The van der Waals surface area contributed by atoms with Crippen LogP contribution in [0.15, 0.2) is 24.3 Å². The Hall–Kier alpha value is -2.65. The molecule has 0 saturated heterocycles. The van der Waals surface area contributed by atoms with Gasteiger partial charge in [0.2, 0.25) is 5.91 Å². The highest BCUT2D eigenvalue weighted by Gasteiger charge is 2.19. The van der Waals surface area contributed by atoms with Crippen molar-refractivity contribution in [2.24, 2.45) is 11.5 Å². The molecule has 1 unspecified atom stereocenters. The number of rotatable bonds is 6. The van der Waals surface area contributed by atoms with E-state index in [-0.39, 0.29) is 18.7 Å². The van der Waals surface area contributed by atoms with Gasteiger partial charge in [0.15, 0.2) is 0 Å². The summed E-state index contributed by atoms with van der Waals surface area (Å²) in [6.45, 7) is 1.17. The van der Waals surface area contributed by atoms with Crippen LogP contribution in [0.5, 0.6) is 5.75 Å². The molecule has 0 saturated carbocycles. The van der Waals surface area contributed by atoms with Crippen LogP contribution in [0.2, 0.25) is 0 Å². The molecule has 0 bridgehead atoms. The van der Waals surface area contributed by atoms with Gasteiger partial charge in [-0.15, -0.1) is 0 Å². The zero-order valence-electron chi connectivity index (χ0n) is 12.6. The molecule has 23 heavy (non-hydrogen) atoms. The largest absolute Gasteiger partial charge is 0.508 e. The lowest BCUT2D eigenvalue weighted by Gasteiger charge is -2.13. The number of nitrogens with two attached hydrogens (primary N) is 2. The average molecular weight is 327 g/mol. The number of carboxylic acid groups (broad SMARTS) is 2. The van der Waals surface area contributed by atoms with Gasteiger partial charge in [-0.3, -0.25) is 9.59 Å². The molecule has 128 valence electrons. The van der Waals surface area contributed by atoms with Crippen molar-refractivity contribution in [1.82, 2.24) is 5.32 Å². The van der Waals surface area contributed by atoms with Crippen molar-refractivity contribution >= 4 is 17.8 Å². The summed E-state index contributed by atoms with van der Waals surface area (Å²) in [6.07, 6.45) is 0.140. The lowest BCUT2D eigenvalue weighted by molar-refractivity contribution is -0.141. The normalized spacial score (nSPS) is 12.3. The number of aliphatic carboxylic acids is 2. The molecule has 1 aromatic carbocycles. The average Bonchev–Trinajstić information content (AvgIpc) is 2.48. The van der Waals surface area contributed by atoms with Crippen LogP contribution in [0.1, 0.15) is 12.5 Å². The Morgan fingerprint density at radius 2 is 1.61 bits per heavy atom. The van der Waals surface area contributed by atoms with E-state index in [0.29, 0.717) is 5.56 Å². The summed E-state index contributed by atoms with van der Waals surface area (Å²) in [5, 5.41) is 28.2. The zero-order chi connectivity index (χ0) is 18.0. The van der Waals surface area contributed by atoms with E-state index in [9.17, 15) is 14.4 Å². The van der Waals surface area contributed by atoms with Crippen LogP contribution in [0.25, 0.3) is 0 Å². The fourth-order valence-electron chi connectivity index (χ4n) is 1.32. The van der Waals surface area contributed by atoms with E-state index in [1.807, 2.05) is 0 Å². The molecule has 0 fully saturated rings. The molecule has 0 spiro atoms. The van der Waals surface area contributed by atoms with Crippen LogP contribution >= 0.6 is 0 Å². The highest BCUT2D eigenvalue weighted by atomic mass is 16.4. The number of amides is 1. The van der Waals surface area contributed by atoms with Crippen LogP contribution in [0, 0.1) is 0 Å². The predicted molar refractivity (Wildman–Crippen MR) is 81.7 cm³/mol. The van der Waals surface area contributed by atoms with Crippen molar-refractivity contribution in [3.05, 3.63) is 29.8 Å². The summed E-state index contributed by atoms with van der Waals surface area (Å²) in [4.78, 5) is 31.5. The number of carboxylic acids is 2. The molecule has 9 heteroatoms. The van der Waals surface area contributed by atoms with Gasteiger partial charge < -0.3 is 32.1 Å². The molecular weight excluding hydrogens is 306 g/mol. The highest BCUT2D eigenvalue weighted by Crippen LogP contribution is 2.11. The molecule has 1 aromatic rings. The summed E-state index contributed by atoms with van der Waals surface area (Å²) in [5.41, 5.74) is 10.6. The highest BCUT2D eigenvalue weighted by molar-refractivity contribution is 5.84. The zero-order valence-corrected chi connectivity index (χ0v) is 12.6. The quantitative estimate of drug-likeness (QED) is 0.380. The minimum atomic E-state index is -1.13. The number of aromatic hydroxyl groups is 1. The number of phenolic OH excluding ortho intramolecular Hbond substituents is 1. The van der Waals surface area contributed by atoms with Crippen molar-refractivity contribution < 1.29 is 29.7 Å². The van der Waals surface area contributed by atoms with Crippen LogP contribution in [0.4, 0.5) is 0 Å². The van der Waals surface area contributed by atoms with Crippen LogP contribution in [-0.2, 0) is 20.8 Å². The SMILES string of the molecule is CC(N)C(=O)O.NCC(=O)N[C@@H](Cc1ccc(O)cc1)C(=O)O. The van der Waals surface area contributed by atoms with Gasteiger partial charge in [0.25, 0.3) is 0 Å². The van der Waals surface area contributed by atoms with Crippen LogP contribution in [0.3, 0.4) is 0 Å². The van der Waals surface area contributed by atoms with Crippen molar-refractivity contribution in [3.8, 4) is 5.75 Å². The van der Waals surface area contributed by atoms with Crippen LogP contribution < -0.4 is 16.8 Å². The Labute approximate surface area is 132 Å². The number of carbonyl (C=O) groups excluding carboxylic acids is 1. The smallest absolute Gasteiger partial charge is 0.326 e. The number of hydrogen-bond donors (Lipinski definition) is 6. The van der Waals surface area contributed by atoms with Crippen molar-refractivity contribution in [3.63, 3.8) is 0 Å². The topological polar surface area (TPSA) is 176 Å². The summed E-state index contributed by atoms with van der Waals surface area (Å²) in [6, 6.07) is 4.36. The van der Waals surface area contributed by atoms with E-state index in [1.165, 1.54) is 19.1 Å². The molecule has 8 N–H and O–H groups in total. The summed E-state index contributed by atoms with van der Waals surface area (Å²) in [7, 11) is 0. The lowest BCUT2D eigenvalue weighted by Crippen LogP contribution is -2.44. The number of benzene rings is 1. The molecule has 0 aliphatic carbocycles. The van der Waals surface area contributed by atoms with E-state index >= 15 is 0 Å². The van der Waals surface area contributed by atoms with E-state index in [0.717, 1.165) is 0 Å². The number of phenols is 1. The third kappa shape index (κ3) is 9.06. The first-order chi connectivity index (χ1) is 10.7. The summed E-state index contributed by atoms with van der Waals surface area (Å²) in [5.74, 6) is -2.50. The monoisotopic (exact) mass is 327 g/mol. The first kappa shape index (κ1) is 20.3. The molecule has 1 amide bonds. The van der Waals surface area contributed by atoms with Gasteiger partial charge in [-0.1, -0.05) is 12.1 Å². The molecular formula is C14H21N3O6. The Morgan fingerprint density at radius 1 is 1.13 bits per heavy atom. The molecule has 2 atom stereocenters. The maximum absolute atomic E-state index is 11.0. The fraction of sp³-hybridized carbons (Fsp3) is 0.357. The van der Waals surface area contributed by atoms with Gasteiger partial charge in [-0.2, -0.15) is 0 Å². The number of carbonyl (C=O) groups is 3.